The number of allylic oxidation sites excluding steroid dienone is 9. The number of fused-ring (bicyclic) bond motifs is 3. The van der Waals surface area contributed by atoms with Crippen molar-refractivity contribution >= 4 is 6.08 Å². The Morgan fingerprint density at radius 3 is 2.65 bits per heavy atom. The molecule has 82 valence electrons. The summed E-state index contributed by atoms with van der Waals surface area (Å²) in [6.45, 7) is 0. The van der Waals surface area contributed by atoms with E-state index in [9.17, 15) is 0 Å². The van der Waals surface area contributed by atoms with E-state index in [1.54, 1.807) is 0 Å². The third-order valence-electron chi connectivity index (χ3n) is 3.18. The molecule has 0 bridgehead atoms. The molecule has 0 saturated carbocycles. The second kappa shape index (κ2) is 4.42. The maximum absolute atomic E-state index is 2.26. The molecular formula is C17H14. The highest BCUT2D eigenvalue weighted by atomic mass is 14.2. The van der Waals surface area contributed by atoms with Gasteiger partial charge in [-0.15, -0.1) is 0 Å². The van der Waals surface area contributed by atoms with Gasteiger partial charge in [0.25, 0.3) is 0 Å². The molecule has 2 aliphatic carbocycles. The zero-order valence-electron chi connectivity index (χ0n) is 9.58. The minimum Gasteiger partial charge on any atom is -0.0726 e. The topological polar surface area (TPSA) is 0 Å². The van der Waals surface area contributed by atoms with E-state index < -0.39 is 0 Å². The normalized spacial score (nSPS) is 25.9. The van der Waals surface area contributed by atoms with Crippen molar-refractivity contribution in [3.63, 3.8) is 0 Å². The van der Waals surface area contributed by atoms with Gasteiger partial charge in [-0.1, -0.05) is 78.9 Å². The lowest BCUT2D eigenvalue weighted by Crippen LogP contribution is -2.02. The minimum absolute atomic E-state index is 0.378. The minimum atomic E-state index is 0.378. The van der Waals surface area contributed by atoms with Crippen LogP contribution in [0.25, 0.3) is 6.08 Å². The number of benzene rings is 1. The van der Waals surface area contributed by atoms with Gasteiger partial charge in [0.2, 0.25) is 0 Å². The standard InChI is InChI=1S/C17H14/c1-2-8-14-10-4-6-12-16(14)17-13-7-5-11-15(17)9-3-1/h1-13,16H/b2-1-,9-3?,14-8+. The van der Waals surface area contributed by atoms with E-state index in [1.807, 2.05) is 0 Å². The van der Waals surface area contributed by atoms with E-state index >= 15 is 0 Å². The second-order valence-corrected chi connectivity index (χ2v) is 4.26. The van der Waals surface area contributed by atoms with Crippen LogP contribution < -0.4 is 0 Å². The summed E-state index contributed by atoms with van der Waals surface area (Å²) in [6.07, 6.45) is 19.3. The molecule has 0 amide bonds. The number of rotatable bonds is 0. The molecule has 0 aliphatic heterocycles. The van der Waals surface area contributed by atoms with Gasteiger partial charge in [-0.3, -0.25) is 0 Å². The Bertz CT molecular complexity index is 565. The maximum atomic E-state index is 2.26. The molecule has 3 rings (SSSR count). The first-order valence-corrected chi connectivity index (χ1v) is 5.94. The van der Waals surface area contributed by atoms with Crippen LogP contribution in [0.5, 0.6) is 0 Å². The van der Waals surface area contributed by atoms with Crippen molar-refractivity contribution < 1.29 is 0 Å². The predicted molar refractivity (Wildman–Crippen MR) is 73.7 cm³/mol. The first kappa shape index (κ1) is 10.1. The molecule has 1 aromatic carbocycles. The lowest BCUT2D eigenvalue weighted by molar-refractivity contribution is 1.01. The zero-order valence-corrected chi connectivity index (χ0v) is 9.58. The molecule has 2 aliphatic rings. The van der Waals surface area contributed by atoms with Crippen LogP contribution in [0.4, 0.5) is 0 Å². The van der Waals surface area contributed by atoms with Gasteiger partial charge in [-0.05, 0) is 16.7 Å². The molecule has 1 atom stereocenters. The molecule has 0 spiro atoms. The molecular weight excluding hydrogens is 204 g/mol. The van der Waals surface area contributed by atoms with Crippen LogP contribution in [-0.2, 0) is 0 Å². The Labute approximate surface area is 102 Å². The molecule has 0 saturated heterocycles. The Morgan fingerprint density at radius 1 is 0.765 bits per heavy atom. The highest BCUT2D eigenvalue weighted by Gasteiger charge is 2.15. The fraction of sp³-hybridized carbons (Fsp3) is 0.0588. The average Bonchev–Trinajstić information content (AvgIpc) is 2.47. The van der Waals surface area contributed by atoms with Crippen LogP contribution in [0.3, 0.4) is 0 Å². The fourth-order valence-corrected chi connectivity index (χ4v) is 2.34. The summed E-state index contributed by atoms with van der Waals surface area (Å²) < 4.78 is 0. The Hall–Kier alpha value is -2.08. The van der Waals surface area contributed by atoms with Gasteiger partial charge in [0.1, 0.15) is 0 Å². The summed E-state index contributed by atoms with van der Waals surface area (Å²) in [6, 6.07) is 8.60. The number of hydrogen-bond acceptors (Lipinski definition) is 0. The summed E-state index contributed by atoms with van der Waals surface area (Å²) in [5, 5.41) is 0. The van der Waals surface area contributed by atoms with Crippen molar-refractivity contribution in [2.75, 3.05) is 0 Å². The first-order chi connectivity index (χ1) is 8.45. The fourth-order valence-electron chi connectivity index (χ4n) is 2.34. The average molecular weight is 218 g/mol. The highest BCUT2D eigenvalue weighted by molar-refractivity contribution is 5.61. The second-order valence-electron chi connectivity index (χ2n) is 4.26. The highest BCUT2D eigenvalue weighted by Crippen LogP contribution is 2.32. The maximum Gasteiger partial charge on any atom is 0.0278 e. The van der Waals surface area contributed by atoms with Gasteiger partial charge >= 0.3 is 0 Å². The molecule has 0 fully saturated rings. The quantitative estimate of drug-likeness (QED) is 0.605. The first-order valence-electron chi connectivity index (χ1n) is 5.94. The van der Waals surface area contributed by atoms with Crippen LogP contribution in [0, 0.1) is 0 Å². The van der Waals surface area contributed by atoms with Gasteiger partial charge in [0.15, 0.2) is 0 Å². The van der Waals surface area contributed by atoms with Crippen molar-refractivity contribution in [2.24, 2.45) is 0 Å². The predicted octanol–water partition coefficient (Wildman–Crippen LogP) is 4.41. The molecule has 0 aromatic heterocycles. The van der Waals surface area contributed by atoms with Crippen LogP contribution in [0.2, 0.25) is 0 Å². The lowest BCUT2D eigenvalue weighted by Gasteiger charge is -2.19. The summed E-state index contributed by atoms with van der Waals surface area (Å²) in [4.78, 5) is 0. The van der Waals surface area contributed by atoms with Crippen molar-refractivity contribution in [1.82, 2.24) is 0 Å². The third kappa shape index (κ3) is 1.94. The molecule has 1 aromatic rings. The largest absolute Gasteiger partial charge is 0.0726 e. The van der Waals surface area contributed by atoms with Gasteiger partial charge < -0.3 is 0 Å². The van der Waals surface area contributed by atoms with Crippen molar-refractivity contribution in [3.8, 4) is 0 Å². The van der Waals surface area contributed by atoms with E-state index in [2.05, 4.69) is 78.9 Å². The Kier molecular flexibility index (Phi) is 2.63. The summed E-state index contributed by atoms with van der Waals surface area (Å²) in [7, 11) is 0. The van der Waals surface area contributed by atoms with Crippen molar-refractivity contribution in [3.05, 3.63) is 89.6 Å². The Balaban J connectivity index is 2.20. The SMILES string of the molecule is C1=C/C2=C\C=C/C=Cc3ccccc3C2C=C1. The van der Waals surface area contributed by atoms with Gasteiger partial charge in [-0.25, -0.2) is 0 Å². The smallest absolute Gasteiger partial charge is 0.0278 e. The molecule has 0 heterocycles. The molecule has 1 unspecified atom stereocenters. The van der Waals surface area contributed by atoms with Crippen LogP contribution in [0.1, 0.15) is 17.0 Å². The van der Waals surface area contributed by atoms with E-state index in [-0.39, 0.29) is 0 Å². The van der Waals surface area contributed by atoms with E-state index in [0.29, 0.717) is 5.92 Å². The molecule has 17 heavy (non-hydrogen) atoms. The van der Waals surface area contributed by atoms with Gasteiger partial charge in [0.05, 0.1) is 0 Å². The van der Waals surface area contributed by atoms with Crippen molar-refractivity contribution in [1.29, 1.82) is 0 Å². The van der Waals surface area contributed by atoms with Crippen LogP contribution in [0.15, 0.2) is 78.4 Å². The van der Waals surface area contributed by atoms with Gasteiger partial charge in [0, 0.05) is 5.92 Å². The van der Waals surface area contributed by atoms with Crippen LogP contribution in [-0.4, -0.2) is 0 Å². The molecule has 0 nitrogen and oxygen atoms in total. The summed E-state index contributed by atoms with van der Waals surface area (Å²) in [5.41, 5.74) is 4.02. The van der Waals surface area contributed by atoms with Crippen LogP contribution >= 0.6 is 0 Å². The number of hydrogen-bond donors (Lipinski definition) is 0. The van der Waals surface area contributed by atoms with E-state index in [1.165, 1.54) is 16.7 Å². The van der Waals surface area contributed by atoms with E-state index in [4.69, 9.17) is 0 Å². The van der Waals surface area contributed by atoms with Gasteiger partial charge in [-0.2, -0.15) is 0 Å². The summed E-state index contributed by atoms with van der Waals surface area (Å²) in [5.74, 6) is 0.378. The zero-order chi connectivity index (χ0) is 11.5. The monoisotopic (exact) mass is 218 g/mol. The lowest BCUT2D eigenvalue weighted by atomic mass is 9.85. The molecule has 0 N–H and O–H groups in total. The van der Waals surface area contributed by atoms with E-state index in [0.717, 1.165) is 0 Å². The third-order valence-corrected chi connectivity index (χ3v) is 3.18. The molecule has 0 radical (unpaired) electrons. The Morgan fingerprint density at radius 2 is 1.65 bits per heavy atom. The molecule has 0 heteroatoms. The van der Waals surface area contributed by atoms with Crippen molar-refractivity contribution in [2.45, 2.75) is 5.92 Å². The summed E-state index contributed by atoms with van der Waals surface area (Å²) >= 11 is 0.